The third-order valence-corrected chi connectivity index (χ3v) is 3.70. The maximum Gasteiger partial charge on any atom is 0.416 e. The van der Waals surface area contributed by atoms with Crippen molar-refractivity contribution < 1.29 is 22.7 Å². The summed E-state index contributed by atoms with van der Waals surface area (Å²) in [4.78, 5) is 12.2. The van der Waals surface area contributed by atoms with Crippen LogP contribution in [0.3, 0.4) is 0 Å². The lowest BCUT2D eigenvalue weighted by Crippen LogP contribution is -2.36. The smallest absolute Gasteiger partial charge is 0.382 e. The Morgan fingerprint density at radius 2 is 2.27 bits per heavy atom. The Kier molecular flexibility index (Phi) is 5.42. The maximum absolute atomic E-state index is 12.8. The van der Waals surface area contributed by atoms with E-state index >= 15 is 0 Å². The Balaban J connectivity index is 2.14. The van der Waals surface area contributed by atoms with Crippen LogP contribution in [0.1, 0.15) is 23.6 Å². The fraction of sp³-hybridized carbons (Fsp3) is 0.533. The largest absolute Gasteiger partial charge is 0.416 e. The van der Waals surface area contributed by atoms with Crippen LogP contribution in [0.15, 0.2) is 24.3 Å². The second kappa shape index (κ2) is 7.11. The van der Waals surface area contributed by atoms with E-state index in [1.165, 1.54) is 13.2 Å². The van der Waals surface area contributed by atoms with Crippen LogP contribution in [0, 0.1) is 5.92 Å². The van der Waals surface area contributed by atoms with E-state index in [4.69, 9.17) is 4.74 Å². The number of ether oxygens (including phenoxy) is 1. The molecule has 22 heavy (non-hydrogen) atoms. The topological polar surface area (TPSA) is 50.4 Å². The van der Waals surface area contributed by atoms with Gasteiger partial charge >= 0.3 is 6.18 Å². The zero-order chi connectivity index (χ0) is 16.2. The monoisotopic (exact) mass is 316 g/mol. The van der Waals surface area contributed by atoms with Crippen molar-refractivity contribution in [3.8, 4) is 0 Å². The van der Waals surface area contributed by atoms with Crippen molar-refractivity contribution in [3.63, 3.8) is 0 Å². The molecule has 1 amide bonds. The average Bonchev–Trinajstić information content (AvgIpc) is 3.00. The molecule has 4 nitrogen and oxygen atoms in total. The van der Waals surface area contributed by atoms with Crippen LogP contribution in [-0.2, 0) is 15.7 Å². The van der Waals surface area contributed by atoms with Crippen molar-refractivity contribution in [1.29, 1.82) is 0 Å². The molecule has 1 aromatic rings. The average molecular weight is 316 g/mol. The first-order chi connectivity index (χ1) is 10.4. The number of carbonyl (C=O) groups excluding carboxylic acids is 1. The summed E-state index contributed by atoms with van der Waals surface area (Å²) < 4.78 is 43.4. The molecule has 0 radical (unpaired) electrons. The summed E-state index contributed by atoms with van der Waals surface area (Å²) >= 11 is 0. The molecule has 1 fully saturated rings. The highest BCUT2D eigenvalue weighted by atomic mass is 19.4. The van der Waals surface area contributed by atoms with Gasteiger partial charge in [0.15, 0.2) is 0 Å². The third kappa shape index (κ3) is 4.20. The number of rotatable bonds is 5. The Hall–Kier alpha value is -1.60. The van der Waals surface area contributed by atoms with Crippen molar-refractivity contribution in [2.75, 3.05) is 26.8 Å². The number of carbonyl (C=O) groups is 1. The minimum Gasteiger partial charge on any atom is -0.382 e. The van der Waals surface area contributed by atoms with E-state index in [-0.39, 0.29) is 18.4 Å². The first-order valence-electron chi connectivity index (χ1n) is 7.09. The fourth-order valence-corrected chi connectivity index (χ4v) is 2.49. The van der Waals surface area contributed by atoms with Crippen LogP contribution in [0.5, 0.6) is 0 Å². The first kappa shape index (κ1) is 16.8. The fourth-order valence-electron chi connectivity index (χ4n) is 2.49. The van der Waals surface area contributed by atoms with Crippen LogP contribution >= 0.6 is 0 Å². The van der Waals surface area contributed by atoms with Gasteiger partial charge in [0.2, 0.25) is 5.91 Å². The van der Waals surface area contributed by atoms with Crippen LogP contribution in [0.25, 0.3) is 0 Å². The minimum absolute atomic E-state index is 0.118. The molecule has 1 saturated heterocycles. The highest BCUT2D eigenvalue weighted by Crippen LogP contribution is 2.31. The second-order valence-corrected chi connectivity index (χ2v) is 5.33. The zero-order valence-electron chi connectivity index (χ0n) is 12.2. The predicted octanol–water partition coefficient (Wildman–Crippen LogP) is 2.12. The third-order valence-electron chi connectivity index (χ3n) is 3.70. The van der Waals surface area contributed by atoms with E-state index in [2.05, 4.69) is 10.6 Å². The summed E-state index contributed by atoms with van der Waals surface area (Å²) in [6.45, 7) is 1.48. The molecule has 1 aromatic carbocycles. The van der Waals surface area contributed by atoms with E-state index in [0.29, 0.717) is 12.1 Å². The molecule has 0 saturated carbocycles. The van der Waals surface area contributed by atoms with Crippen LogP contribution in [0.2, 0.25) is 0 Å². The number of methoxy groups -OCH3 is 1. The van der Waals surface area contributed by atoms with Gasteiger partial charge in [-0.2, -0.15) is 13.2 Å². The predicted molar refractivity (Wildman–Crippen MR) is 75.2 cm³/mol. The molecule has 7 heteroatoms. The van der Waals surface area contributed by atoms with E-state index < -0.39 is 17.8 Å². The molecule has 2 rings (SSSR count). The van der Waals surface area contributed by atoms with Crippen molar-refractivity contribution >= 4 is 5.91 Å². The van der Waals surface area contributed by atoms with Gasteiger partial charge in [-0.15, -0.1) is 0 Å². The van der Waals surface area contributed by atoms with Gasteiger partial charge in [0.05, 0.1) is 24.1 Å². The molecule has 1 aliphatic rings. The van der Waals surface area contributed by atoms with E-state index in [1.807, 2.05) is 0 Å². The molecule has 1 heterocycles. The molecule has 1 aliphatic heterocycles. The summed E-state index contributed by atoms with van der Waals surface area (Å²) in [5.74, 6) is -0.311. The van der Waals surface area contributed by atoms with Gasteiger partial charge in [-0.3, -0.25) is 4.79 Å². The Labute approximate surface area is 127 Å². The first-order valence-corrected chi connectivity index (χ1v) is 7.09. The zero-order valence-corrected chi connectivity index (χ0v) is 12.2. The van der Waals surface area contributed by atoms with Gasteiger partial charge < -0.3 is 15.4 Å². The summed E-state index contributed by atoms with van der Waals surface area (Å²) in [6.07, 6.45) is -3.68. The molecule has 0 aromatic heterocycles. The summed E-state index contributed by atoms with van der Waals surface area (Å²) in [5, 5.41) is 5.87. The molecule has 2 N–H and O–H groups in total. The summed E-state index contributed by atoms with van der Waals surface area (Å²) in [6, 6.07) is 4.36. The molecule has 2 atom stereocenters. The number of hydrogen-bond acceptors (Lipinski definition) is 3. The van der Waals surface area contributed by atoms with Gasteiger partial charge in [-0.1, -0.05) is 12.1 Å². The highest BCUT2D eigenvalue weighted by molar-refractivity contribution is 5.79. The minimum atomic E-state index is -4.41. The molecular formula is C15H19F3N2O2. The Morgan fingerprint density at radius 1 is 1.50 bits per heavy atom. The van der Waals surface area contributed by atoms with E-state index in [0.717, 1.165) is 25.1 Å². The SMILES string of the molecule is COC[C@@H](NC(=O)[C@H]1CCNC1)c1cccc(C(F)(F)F)c1. The van der Waals surface area contributed by atoms with Crippen molar-refractivity contribution in [2.45, 2.75) is 18.6 Å². The summed E-state index contributed by atoms with van der Waals surface area (Å²) in [5.41, 5.74) is -0.348. The molecule has 0 bridgehead atoms. The highest BCUT2D eigenvalue weighted by Gasteiger charge is 2.31. The van der Waals surface area contributed by atoms with Gasteiger partial charge in [0.25, 0.3) is 0 Å². The van der Waals surface area contributed by atoms with Gasteiger partial charge in [-0.05, 0) is 30.7 Å². The van der Waals surface area contributed by atoms with Crippen molar-refractivity contribution in [2.24, 2.45) is 5.92 Å². The van der Waals surface area contributed by atoms with Gasteiger partial charge in [0.1, 0.15) is 0 Å². The van der Waals surface area contributed by atoms with Crippen LogP contribution in [0.4, 0.5) is 13.2 Å². The molecule has 0 spiro atoms. The quantitative estimate of drug-likeness (QED) is 0.875. The normalized spacial score (nSPS) is 19.9. The Morgan fingerprint density at radius 3 is 2.86 bits per heavy atom. The van der Waals surface area contributed by atoms with Crippen LogP contribution < -0.4 is 10.6 Å². The summed E-state index contributed by atoms with van der Waals surface area (Å²) in [7, 11) is 1.45. The Bertz CT molecular complexity index is 514. The lowest BCUT2D eigenvalue weighted by Gasteiger charge is -2.21. The molecular weight excluding hydrogens is 297 g/mol. The number of amides is 1. The van der Waals surface area contributed by atoms with E-state index in [9.17, 15) is 18.0 Å². The van der Waals surface area contributed by atoms with Gasteiger partial charge in [0, 0.05) is 13.7 Å². The number of benzene rings is 1. The van der Waals surface area contributed by atoms with E-state index in [1.54, 1.807) is 6.07 Å². The molecule has 0 unspecified atom stereocenters. The van der Waals surface area contributed by atoms with Crippen molar-refractivity contribution in [3.05, 3.63) is 35.4 Å². The molecule has 122 valence electrons. The molecule has 0 aliphatic carbocycles. The number of alkyl halides is 3. The van der Waals surface area contributed by atoms with Crippen molar-refractivity contribution in [1.82, 2.24) is 10.6 Å². The standard InChI is InChI=1S/C15H19F3N2O2/c1-22-9-13(20-14(21)11-5-6-19-8-11)10-3-2-4-12(7-10)15(16,17)18/h2-4,7,11,13,19H,5-6,8-9H2,1H3,(H,20,21)/t11-,13+/m0/s1. The van der Waals surface area contributed by atoms with Crippen LogP contribution in [-0.4, -0.2) is 32.7 Å². The lowest BCUT2D eigenvalue weighted by atomic mass is 10.0. The lowest BCUT2D eigenvalue weighted by molar-refractivity contribution is -0.137. The number of nitrogens with one attached hydrogen (secondary N) is 2. The number of halogens is 3. The number of hydrogen-bond donors (Lipinski definition) is 2. The second-order valence-electron chi connectivity index (χ2n) is 5.33. The van der Waals surface area contributed by atoms with Gasteiger partial charge in [-0.25, -0.2) is 0 Å². The maximum atomic E-state index is 12.8.